The Morgan fingerprint density at radius 3 is 2.44 bits per heavy atom. The van der Waals surface area contributed by atoms with E-state index < -0.39 is 0 Å². The van der Waals surface area contributed by atoms with E-state index in [0.717, 1.165) is 11.3 Å². The van der Waals surface area contributed by atoms with Crippen molar-refractivity contribution in [2.75, 3.05) is 0 Å². The van der Waals surface area contributed by atoms with Crippen molar-refractivity contribution in [2.24, 2.45) is 0 Å². The molecule has 0 radical (unpaired) electrons. The van der Waals surface area contributed by atoms with E-state index in [1.54, 1.807) is 0 Å². The second kappa shape index (κ2) is 3.86. The van der Waals surface area contributed by atoms with Crippen LogP contribution in [-0.4, -0.2) is 0 Å². The first-order valence-corrected chi connectivity index (χ1v) is 5.42. The molecule has 1 atom stereocenters. The molecule has 0 aromatic heterocycles. The lowest BCUT2D eigenvalue weighted by Crippen LogP contribution is -2.08. The highest BCUT2D eigenvalue weighted by molar-refractivity contribution is 5.60. The fraction of sp³-hybridized carbons (Fsp3) is 0.0667. The Morgan fingerprint density at radius 2 is 1.56 bits per heavy atom. The summed E-state index contributed by atoms with van der Waals surface area (Å²) in [6, 6.07) is 18.4. The molecule has 0 spiro atoms. The summed E-state index contributed by atoms with van der Waals surface area (Å²) in [6.07, 6.45) is 4.25. The van der Waals surface area contributed by atoms with E-state index in [-0.39, 0.29) is 6.10 Å². The van der Waals surface area contributed by atoms with Gasteiger partial charge in [0.1, 0.15) is 11.9 Å². The predicted octanol–water partition coefficient (Wildman–Crippen LogP) is 3.83. The highest BCUT2D eigenvalue weighted by Crippen LogP contribution is 2.31. The minimum Gasteiger partial charge on any atom is -0.481 e. The molecule has 78 valence electrons. The van der Waals surface area contributed by atoms with Crippen LogP contribution in [0.2, 0.25) is 0 Å². The lowest BCUT2D eigenvalue weighted by molar-refractivity contribution is 0.252. The molecule has 1 nitrogen and oxygen atoms in total. The third-order valence-corrected chi connectivity index (χ3v) is 2.75. The largest absolute Gasteiger partial charge is 0.481 e. The Balaban J connectivity index is 1.95. The Hall–Kier alpha value is -2.02. The summed E-state index contributed by atoms with van der Waals surface area (Å²) in [5.74, 6) is 0.957. The highest BCUT2D eigenvalue weighted by atomic mass is 16.5. The van der Waals surface area contributed by atoms with Gasteiger partial charge in [-0.3, -0.25) is 0 Å². The van der Waals surface area contributed by atoms with Crippen molar-refractivity contribution in [3.8, 4) is 5.75 Å². The predicted molar refractivity (Wildman–Crippen MR) is 65.3 cm³/mol. The van der Waals surface area contributed by atoms with Gasteiger partial charge >= 0.3 is 0 Å². The van der Waals surface area contributed by atoms with Gasteiger partial charge in [-0.1, -0.05) is 54.6 Å². The monoisotopic (exact) mass is 208 g/mol. The van der Waals surface area contributed by atoms with Crippen LogP contribution < -0.4 is 4.74 Å². The van der Waals surface area contributed by atoms with Gasteiger partial charge in [-0.05, 0) is 17.7 Å². The van der Waals surface area contributed by atoms with Crippen LogP contribution in [0.4, 0.5) is 0 Å². The van der Waals surface area contributed by atoms with Gasteiger partial charge < -0.3 is 4.74 Å². The zero-order chi connectivity index (χ0) is 10.8. The van der Waals surface area contributed by atoms with Crippen LogP contribution in [0.25, 0.3) is 6.08 Å². The molecule has 0 saturated heterocycles. The summed E-state index contributed by atoms with van der Waals surface area (Å²) in [5, 5.41) is 0. The summed E-state index contributed by atoms with van der Waals surface area (Å²) in [5.41, 5.74) is 2.34. The molecule has 16 heavy (non-hydrogen) atoms. The standard InChI is InChI=1S/C15H12O/c1-2-6-12(7-3-1)15-11-10-13-8-4-5-9-14(13)16-15/h1-11,15H/t15-/m0/s1. The highest BCUT2D eigenvalue weighted by Gasteiger charge is 2.15. The van der Waals surface area contributed by atoms with Gasteiger partial charge in [-0.15, -0.1) is 0 Å². The fourth-order valence-corrected chi connectivity index (χ4v) is 1.91. The van der Waals surface area contributed by atoms with Gasteiger partial charge in [0.15, 0.2) is 0 Å². The number of hydrogen-bond donors (Lipinski definition) is 0. The third kappa shape index (κ3) is 1.61. The lowest BCUT2D eigenvalue weighted by Gasteiger charge is -2.21. The van der Waals surface area contributed by atoms with Crippen molar-refractivity contribution >= 4 is 6.08 Å². The van der Waals surface area contributed by atoms with E-state index in [1.807, 2.05) is 36.4 Å². The second-order valence-electron chi connectivity index (χ2n) is 3.85. The molecular formula is C15H12O. The zero-order valence-electron chi connectivity index (χ0n) is 8.84. The molecule has 0 amide bonds. The van der Waals surface area contributed by atoms with Crippen LogP contribution in [0.5, 0.6) is 5.75 Å². The van der Waals surface area contributed by atoms with E-state index in [9.17, 15) is 0 Å². The molecule has 0 bridgehead atoms. The summed E-state index contributed by atoms with van der Waals surface area (Å²) in [7, 11) is 0. The molecule has 0 saturated carbocycles. The molecule has 1 aliphatic rings. The van der Waals surface area contributed by atoms with E-state index in [2.05, 4.69) is 30.4 Å². The zero-order valence-corrected chi connectivity index (χ0v) is 8.84. The smallest absolute Gasteiger partial charge is 0.142 e. The molecule has 1 heteroatoms. The number of rotatable bonds is 1. The average molecular weight is 208 g/mol. The van der Waals surface area contributed by atoms with Crippen molar-refractivity contribution in [3.63, 3.8) is 0 Å². The molecule has 0 N–H and O–H groups in total. The fourth-order valence-electron chi connectivity index (χ4n) is 1.91. The van der Waals surface area contributed by atoms with E-state index in [4.69, 9.17) is 4.74 Å². The average Bonchev–Trinajstić information content (AvgIpc) is 2.39. The molecule has 0 unspecified atom stereocenters. The van der Waals surface area contributed by atoms with Gasteiger partial charge in [0, 0.05) is 5.56 Å². The molecule has 2 aromatic rings. The van der Waals surface area contributed by atoms with Crippen molar-refractivity contribution in [2.45, 2.75) is 6.10 Å². The van der Waals surface area contributed by atoms with Crippen LogP contribution >= 0.6 is 0 Å². The van der Waals surface area contributed by atoms with Gasteiger partial charge in [0.2, 0.25) is 0 Å². The Labute approximate surface area is 95.0 Å². The summed E-state index contributed by atoms with van der Waals surface area (Å²) >= 11 is 0. The first kappa shape index (κ1) is 9.22. The van der Waals surface area contributed by atoms with Gasteiger partial charge in [-0.2, -0.15) is 0 Å². The van der Waals surface area contributed by atoms with Gasteiger partial charge in [-0.25, -0.2) is 0 Å². The van der Waals surface area contributed by atoms with Crippen LogP contribution in [0.3, 0.4) is 0 Å². The minimum absolute atomic E-state index is 0.0381. The maximum absolute atomic E-state index is 5.93. The molecule has 1 heterocycles. The van der Waals surface area contributed by atoms with Crippen LogP contribution in [-0.2, 0) is 0 Å². The van der Waals surface area contributed by atoms with Gasteiger partial charge in [0.25, 0.3) is 0 Å². The molecule has 2 aromatic carbocycles. The van der Waals surface area contributed by atoms with Gasteiger partial charge in [0.05, 0.1) is 0 Å². The minimum atomic E-state index is 0.0381. The second-order valence-corrected chi connectivity index (χ2v) is 3.85. The number of fused-ring (bicyclic) bond motifs is 1. The molecule has 0 fully saturated rings. The third-order valence-electron chi connectivity index (χ3n) is 2.75. The Kier molecular flexibility index (Phi) is 2.22. The van der Waals surface area contributed by atoms with Crippen molar-refractivity contribution in [1.82, 2.24) is 0 Å². The maximum Gasteiger partial charge on any atom is 0.142 e. The summed E-state index contributed by atoms with van der Waals surface area (Å²) in [6.45, 7) is 0. The number of benzene rings is 2. The molecule has 1 aliphatic heterocycles. The first-order valence-electron chi connectivity index (χ1n) is 5.42. The lowest BCUT2D eigenvalue weighted by atomic mass is 10.0. The van der Waals surface area contributed by atoms with Crippen molar-refractivity contribution in [3.05, 3.63) is 71.8 Å². The maximum atomic E-state index is 5.93. The number of hydrogen-bond acceptors (Lipinski definition) is 1. The SMILES string of the molecule is C1=C[C@@H](c2ccccc2)Oc2ccccc21. The van der Waals surface area contributed by atoms with Crippen LogP contribution in [0.1, 0.15) is 17.2 Å². The van der Waals surface area contributed by atoms with E-state index in [1.165, 1.54) is 5.56 Å². The summed E-state index contributed by atoms with van der Waals surface area (Å²) in [4.78, 5) is 0. The van der Waals surface area contributed by atoms with E-state index >= 15 is 0 Å². The molecule has 0 aliphatic carbocycles. The van der Waals surface area contributed by atoms with Crippen LogP contribution in [0.15, 0.2) is 60.7 Å². The first-order chi connectivity index (χ1) is 7.93. The molecule has 3 rings (SSSR count). The van der Waals surface area contributed by atoms with Crippen LogP contribution in [0, 0.1) is 0 Å². The Morgan fingerprint density at radius 1 is 0.812 bits per heavy atom. The normalized spacial score (nSPS) is 17.6. The number of ether oxygens (including phenoxy) is 1. The van der Waals surface area contributed by atoms with Crippen molar-refractivity contribution in [1.29, 1.82) is 0 Å². The van der Waals surface area contributed by atoms with E-state index in [0.29, 0.717) is 0 Å². The number of para-hydroxylation sites is 1. The Bertz CT molecular complexity index is 514. The topological polar surface area (TPSA) is 9.23 Å². The summed E-state index contributed by atoms with van der Waals surface area (Å²) < 4.78 is 5.93. The molecular weight excluding hydrogens is 196 g/mol. The van der Waals surface area contributed by atoms with Crippen molar-refractivity contribution < 1.29 is 4.74 Å². The quantitative estimate of drug-likeness (QED) is 0.692.